The van der Waals surface area contributed by atoms with Crippen molar-refractivity contribution in [1.82, 2.24) is 5.32 Å². The number of halogens is 1. The second-order valence-corrected chi connectivity index (χ2v) is 2.91. The lowest BCUT2D eigenvalue weighted by atomic mass is 9.98. The molecule has 1 saturated heterocycles. The third kappa shape index (κ3) is 2.09. The fourth-order valence-corrected chi connectivity index (χ4v) is 1.46. The lowest BCUT2D eigenvalue weighted by molar-refractivity contribution is -0.125. The quantitative estimate of drug-likeness (QED) is 0.646. The number of carbonyl (C=O) groups is 1. The molecule has 3 N–H and O–H groups in total. The monoisotopic (exact) mass is 194 g/mol. The molecule has 0 bridgehead atoms. The van der Waals surface area contributed by atoms with Crippen LogP contribution < -0.4 is 11.1 Å². The number of ether oxygens (including phenoxy) is 1. The van der Waals surface area contributed by atoms with Crippen LogP contribution in [0.2, 0.25) is 0 Å². The van der Waals surface area contributed by atoms with Crippen LogP contribution in [0.15, 0.2) is 0 Å². The van der Waals surface area contributed by atoms with Gasteiger partial charge in [-0.25, -0.2) is 0 Å². The second-order valence-electron chi connectivity index (χ2n) is 2.91. The van der Waals surface area contributed by atoms with Crippen molar-refractivity contribution in [1.29, 1.82) is 0 Å². The summed E-state index contributed by atoms with van der Waals surface area (Å²) in [6.45, 7) is 1.23. The molecular weight excluding hydrogens is 180 g/mol. The average molecular weight is 195 g/mol. The fraction of sp³-hybridized carbons (Fsp3) is 0.857. The minimum absolute atomic E-state index is 0. The predicted octanol–water partition coefficient (Wildman–Crippen LogP) is -0.338. The van der Waals surface area contributed by atoms with E-state index in [1.54, 1.807) is 7.11 Å². The van der Waals surface area contributed by atoms with E-state index in [0.717, 1.165) is 19.4 Å². The third-order valence-corrected chi connectivity index (χ3v) is 2.11. The van der Waals surface area contributed by atoms with E-state index in [0.29, 0.717) is 6.61 Å². The second kappa shape index (κ2) is 4.64. The Morgan fingerprint density at radius 2 is 2.42 bits per heavy atom. The maximum Gasteiger partial charge on any atom is 0.240 e. The largest absolute Gasteiger partial charge is 0.382 e. The van der Waals surface area contributed by atoms with E-state index in [1.807, 2.05) is 0 Å². The van der Waals surface area contributed by atoms with Gasteiger partial charge in [-0.3, -0.25) is 4.79 Å². The molecule has 1 unspecified atom stereocenters. The Morgan fingerprint density at radius 1 is 1.75 bits per heavy atom. The molecule has 0 aromatic heterocycles. The molecular formula is C7H15ClN2O2. The van der Waals surface area contributed by atoms with Gasteiger partial charge in [0.1, 0.15) is 5.54 Å². The molecule has 1 rings (SSSR count). The Labute approximate surface area is 78.2 Å². The zero-order chi connectivity index (χ0) is 8.32. The fourth-order valence-electron chi connectivity index (χ4n) is 1.46. The number of nitrogens with one attached hydrogen (secondary N) is 1. The van der Waals surface area contributed by atoms with Gasteiger partial charge in [0.2, 0.25) is 5.91 Å². The van der Waals surface area contributed by atoms with Crippen LogP contribution in [-0.2, 0) is 9.53 Å². The molecule has 1 heterocycles. The highest BCUT2D eigenvalue weighted by Crippen LogP contribution is 2.18. The number of hydrogen-bond donors (Lipinski definition) is 2. The van der Waals surface area contributed by atoms with Crippen LogP contribution in [0.25, 0.3) is 0 Å². The summed E-state index contributed by atoms with van der Waals surface area (Å²) >= 11 is 0. The zero-order valence-corrected chi connectivity index (χ0v) is 7.95. The summed E-state index contributed by atoms with van der Waals surface area (Å²) in [5.74, 6) is -0.308. The van der Waals surface area contributed by atoms with Crippen LogP contribution in [0, 0.1) is 0 Å². The number of amides is 1. The number of carbonyl (C=O) groups excluding carboxylic acids is 1. The van der Waals surface area contributed by atoms with Gasteiger partial charge in [-0.15, -0.1) is 12.4 Å². The van der Waals surface area contributed by atoms with Crippen molar-refractivity contribution in [2.24, 2.45) is 5.73 Å². The molecule has 1 atom stereocenters. The van der Waals surface area contributed by atoms with Gasteiger partial charge < -0.3 is 15.8 Å². The summed E-state index contributed by atoms with van der Waals surface area (Å²) in [5.41, 5.74) is 4.65. The van der Waals surface area contributed by atoms with Crippen molar-refractivity contribution < 1.29 is 9.53 Å². The maximum atomic E-state index is 11.0. The summed E-state index contributed by atoms with van der Waals surface area (Å²) in [7, 11) is 1.57. The highest BCUT2D eigenvalue weighted by molar-refractivity contribution is 5.85. The average Bonchev–Trinajstić information content (AvgIpc) is 2.38. The van der Waals surface area contributed by atoms with E-state index in [2.05, 4.69) is 5.32 Å². The molecule has 72 valence electrons. The smallest absolute Gasteiger partial charge is 0.240 e. The highest BCUT2D eigenvalue weighted by atomic mass is 35.5. The van der Waals surface area contributed by atoms with Crippen molar-refractivity contribution in [2.45, 2.75) is 18.4 Å². The van der Waals surface area contributed by atoms with Gasteiger partial charge in [-0.05, 0) is 19.4 Å². The number of methoxy groups -OCH3 is 1. The van der Waals surface area contributed by atoms with E-state index < -0.39 is 5.54 Å². The van der Waals surface area contributed by atoms with E-state index in [-0.39, 0.29) is 18.3 Å². The van der Waals surface area contributed by atoms with Crippen LogP contribution in [0.4, 0.5) is 0 Å². The SMILES string of the molecule is COCC1(C(N)=O)CCCN1.Cl. The lowest BCUT2D eigenvalue weighted by Gasteiger charge is -2.24. The van der Waals surface area contributed by atoms with Crippen molar-refractivity contribution in [2.75, 3.05) is 20.3 Å². The first-order valence-corrected chi connectivity index (χ1v) is 3.75. The summed E-state index contributed by atoms with van der Waals surface area (Å²) < 4.78 is 4.93. The Morgan fingerprint density at radius 3 is 2.75 bits per heavy atom. The molecule has 1 amide bonds. The lowest BCUT2D eigenvalue weighted by Crippen LogP contribution is -2.54. The molecule has 0 radical (unpaired) electrons. The molecule has 0 spiro atoms. The Hall–Kier alpha value is -0.320. The number of hydrogen-bond acceptors (Lipinski definition) is 3. The molecule has 0 aromatic rings. The molecule has 0 aliphatic carbocycles. The minimum atomic E-state index is -0.589. The van der Waals surface area contributed by atoms with E-state index in [9.17, 15) is 4.79 Å². The van der Waals surface area contributed by atoms with Crippen LogP contribution in [0.5, 0.6) is 0 Å². The third-order valence-electron chi connectivity index (χ3n) is 2.11. The van der Waals surface area contributed by atoms with Crippen LogP contribution in [-0.4, -0.2) is 31.7 Å². The number of primary amides is 1. The minimum Gasteiger partial charge on any atom is -0.382 e. The van der Waals surface area contributed by atoms with Gasteiger partial charge in [-0.1, -0.05) is 0 Å². The Bertz CT molecular complexity index is 157. The summed E-state index contributed by atoms with van der Waals surface area (Å²) in [6, 6.07) is 0. The first-order valence-electron chi connectivity index (χ1n) is 3.75. The predicted molar refractivity (Wildman–Crippen MR) is 48.3 cm³/mol. The van der Waals surface area contributed by atoms with Gasteiger partial charge in [0.15, 0.2) is 0 Å². The van der Waals surface area contributed by atoms with Crippen molar-refractivity contribution in [3.63, 3.8) is 0 Å². The molecule has 1 aliphatic heterocycles. The first-order chi connectivity index (χ1) is 5.21. The van der Waals surface area contributed by atoms with Gasteiger partial charge >= 0.3 is 0 Å². The van der Waals surface area contributed by atoms with Crippen LogP contribution in [0.1, 0.15) is 12.8 Å². The van der Waals surface area contributed by atoms with E-state index >= 15 is 0 Å². The first kappa shape index (κ1) is 11.7. The van der Waals surface area contributed by atoms with E-state index in [4.69, 9.17) is 10.5 Å². The Kier molecular flexibility index (Phi) is 4.52. The zero-order valence-electron chi connectivity index (χ0n) is 7.13. The molecule has 0 saturated carbocycles. The topological polar surface area (TPSA) is 64.3 Å². The highest BCUT2D eigenvalue weighted by Gasteiger charge is 2.39. The molecule has 1 aliphatic rings. The molecule has 12 heavy (non-hydrogen) atoms. The van der Waals surface area contributed by atoms with Crippen molar-refractivity contribution >= 4 is 18.3 Å². The molecule has 4 nitrogen and oxygen atoms in total. The van der Waals surface area contributed by atoms with Crippen LogP contribution >= 0.6 is 12.4 Å². The summed E-state index contributed by atoms with van der Waals surface area (Å²) in [5, 5.41) is 3.07. The van der Waals surface area contributed by atoms with Gasteiger partial charge in [0, 0.05) is 7.11 Å². The van der Waals surface area contributed by atoms with Gasteiger partial charge in [0.05, 0.1) is 6.61 Å². The molecule has 5 heteroatoms. The summed E-state index contributed by atoms with van der Waals surface area (Å²) in [4.78, 5) is 11.0. The standard InChI is InChI=1S/C7H14N2O2.ClH/c1-11-5-7(6(8)10)3-2-4-9-7;/h9H,2-5H2,1H3,(H2,8,10);1H. The molecule has 0 aromatic carbocycles. The van der Waals surface area contributed by atoms with Crippen molar-refractivity contribution in [3.8, 4) is 0 Å². The summed E-state index contributed by atoms with van der Waals surface area (Å²) in [6.07, 6.45) is 1.78. The maximum absolute atomic E-state index is 11.0. The Balaban J connectivity index is 0.00000121. The molecule has 1 fully saturated rings. The van der Waals surface area contributed by atoms with E-state index in [1.165, 1.54) is 0 Å². The number of nitrogens with two attached hydrogens (primary N) is 1. The van der Waals surface area contributed by atoms with Gasteiger partial charge in [0.25, 0.3) is 0 Å². The van der Waals surface area contributed by atoms with Crippen molar-refractivity contribution in [3.05, 3.63) is 0 Å². The number of rotatable bonds is 3. The normalized spacial score (nSPS) is 28.1. The van der Waals surface area contributed by atoms with Gasteiger partial charge in [-0.2, -0.15) is 0 Å². The van der Waals surface area contributed by atoms with Crippen LogP contribution in [0.3, 0.4) is 0 Å².